The molecule has 70 valence electrons. The fraction of sp³-hybridized carbons (Fsp3) is 0.286. The van der Waals surface area contributed by atoms with E-state index >= 15 is 0 Å². The summed E-state index contributed by atoms with van der Waals surface area (Å²) < 4.78 is 0.366. The Morgan fingerprint density at radius 3 is 2.77 bits per heavy atom. The van der Waals surface area contributed by atoms with Crippen molar-refractivity contribution in [1.29, 1.82) is 0 Å². The van der Waals surface area contributed by atoms with Gasteiger partial charge >= 0.3 is 5.97 Å². The number of rotatable bonds is 2. The van der Waals surface area contributed by atoms with Crippen molar-refractivity contribution < 1.29 is 15.1 Å². The van der Waals surface area contributed by atoms with E-state index in [2.05, 4.69) is 4.98 Å². The van der Waals surface area contributed by atoms with E-state index in [-0.39, 0.29) is 17.9 Å². The summed E-state index contributed by atoms with van der Waals surface area (Å²) in [4.78, 5) is 24.9. The van der Waals surface area contributed by atoms with Crippen LogP contribution in [0.4, 0.5) is 0 Å². The quantitative estimate of drug-likeness (QED) is 0.599. The molecule has 13 heavy (non-hydrogen) atoms. The number of nitrogens with zero attached hydrogens (tertiary/aromatic N) is 2. The lowest BCUT2D eigenvalue weighted by Crippen LogP contribution is -2.22. The lowest BCUT2D eigenvalue weighted by Gasteiger charge is -2.01. The van der Waals surface area contributed by atoms with Gasteiger partial charge in [-0.15, -0.1) is 4.73 Å². The number of hydrogen-bond acceptors (Lipinski definition) is 4. The SMILES string of the molecule is Cc1nc(CC(=O)O)cc(=O)n1O. The molecule has 1 heterocycles. The molecule has 0 aliphatic carbocycles. The molecule has 6 nitrogen and oxygen atoms in total. The molecule has 0 bridgehead atoms. The number of carboxylic acids is 1. The number of carboxylic acid groups (broad SMARTS) is 1. The van der Waals surface area contributed by atoms with Crippen molar-refractivity contribution in [3.05, 3.63) is 27.9 Å². The number of aryl methyl sites for hydroxylation is 1. The summed E-state index contributed by atoms with van der Waals surface area (Å²) in [5, 5.41) is 17.4. The van der Waals surface area contributed by atoms with Crippen LogP contribution in [0.25, 0.3) is 0 Å². The first-order valence-electron chi connectivity index (χ1n) is 3.51. The second kappa shape index (κ2) is 3.26. The molecule has 0 amide bonds. The van der Waals surface area contributed by atoms with E-state index in [1.165, 1.54) is 6.92 Å². The Hall–Kier alpha value is -1.85. The Bertz CT molecular complexity index is 396. The molecule has 0 aromatic carbocycles. The highest BCUT2D eigenvalue weighted by Crippen LogP contribution is 1.94. The summed E-state index contributed by atoms with van der Waals surface area (Å²) >= 11 is 0. The van der Waals surface area contributed by atoms with Gasteiger partial charge in [0.25, 0.3) is 5.56 Å². The van der Waals surface area contributed by atoms with E-state index in [9.17, 15) is 9.59 Å². The lowest BCUT2D eigenvalue weighted by atomic mass is 10.3. The highest BCUT2D eigenvalue weighted by Gasteiger charge is 2.06. The number of aromatic nitrogens is 2. The fourth-order valence-corrected chi connectivity index (χ4v) is 0.896. The summed E-state index contributed by atoms with van der Waals surface area (Å²) in [5.74, 6) is -0.995. The molecule has 0 saturated heterocycles. The first-order chi connectivity index (χ1) is 6.00. The molecule has 0 unspecified atom stereocenters. The van der Waals surface area contributed by atoms with Crippen LogP contribution < -0.4 is 5.56 Å². The maximum Gasteiger partial charge on any atom is 0.309 e. The molecule has 0 radical (unpaired) electrons. The Kier molecular flexibility index (Phi) is 2.32. The highest BCUT2D eigenvalue weighted by molar-refractivity contribution is 5.69. The van der Waals surface area contributed by atoms with Gasteiger partial charge in [0.2, 0.25) is 0 Å². The van der Waals surface area contributed by atoms with Gasteiger partial charge in [-0.3, -0.25) is 9.59 Å². The molecule has 0 atom stereocenters. The molecule has 1 rings (SSSR count). The molecule has 1 aromatic heterocycles. The van der Waals surface area contributed by atoms with Crippen LogP contribution in [0, 0.1) is 6.92 Å². The van der Waals surface area contributed by atoms with E-state index in [0.29, 0.717) is 4.73 Å². The Morgan fingerprint density at radius 1 is 1.69 bits per heavy atom. The van der Waals surface area contributed by atoms with Crippen molar-refractivity contribution in [2.24, 2.45) is 0 Å². The first kappa shape index (κ1) is 9.24. The van der Waals surface area contributed by atoms with Crippen molar-refractivity contribution in [1.82, 2.24) is 9.71 Å². The van der Waals surface area contributed by atoms with Gasteiger partial charge in [0, 0.05) is 6.07 Å². The molecule has 0 spiro atoms. The largest absolute Gasteiger partial charge is 0.481 e. The second-order valence-electron chi connectivity index (χ2n) is 2.52. The summed E-state index contributed by atoms with van der Waals surface area (Å²) in [6, 6.07) is 0.987. The van der Waals surface area contributed by atoms with Crippen molar-refractivity contribution >= 4 is 5.97 Å². The minimum Gasteiger partial charge on any atom is -0.481 e. The maximum absolute atomic E-state index is 10.9. The van der Waals surface area contributed by atoms with E-state index in [1.807, 2.05) is 0 Å². The monoisotopic (exact) mass is 184 g/mol. The van der Waals surface area contributed by atoms with Crippen LogP contribution in [0.15, 0.2) is 10.9 Å². The van der Waals surface area contributed by atoms with Crippen LogP contribution in [-0.2, 0) is 11.2 Å². The van der Waals surface area contributed by atoms with Gasteiger partial charge in [-0.2, -0.15) is 0 Å². The van der Waals surface area contributed by atoms with E-state index in [0.717, 1.165) is 6.07 Å². The van der Waals surface area contributed by atoms with Gasteiger partial charge in [0.1, 0.15) is 5.82 Å². The standard InChI is InChI=1S/C7H8N2O4/c1-4-8-5(3-7(11)12)2-6(10)9(4)13/h2,13H,3H2,1H3,(H,11,12). The average molecular weight is 184 g/mol. The zero-order valence-electron chi connectivity index (χ0n) is 6.89. The number of hydrogen-bond donors (Lipinski definition) is 2. The zero-order chi connectivity index (χ0) is 10.0. The van der Waals surface area contributed by atoms with Gasteiger partial charge in [0.15, 0.2) is 0 Å². The van der Waals surface area contributed by atoms with Crippen LogP contribution >= 0.6 is 0 Å². The third-order valence-corrected chi connectivity index (χ3v) is 1.44. The predicted octanol–water partition coefficient (Wildman–Crippen LogP) is -0.584. The van der Waals surface area contributed by atoms with Crippen molar-refractivity contribution in [3.63, 3.8) is 0 Å². The second-order valence-corrected chi connectivity index (χ2v) is 2.52. The molecule has 0 aliphatic heterocycles. The Labute approximate surface area is 73.0 Å². The number of carbonyl (C=O) groups is 1. The normalized spacial score (nSPS) is 9.92. The molecule has 1 aromatic rings. The predicted molar refractivity (Wildman–Crippen MR) is 41.8 cm³/mol. The fourth-order valence-electron chi connectivity index (χ4n) is 0.896. The third kappa shape index (κ3) is 2.05. The third-order valence-electron chi connectivity index (χ3n) is 1.44. The Morgan fingerprint density at radius 2 is 2.31 bits per heavy atom. The first-order valence-corrected chi connectivity index (χ1v) is 3.51. The maximum atomic E-state index is 10.9. The smallest absolute Gasteiger partial charge is 0.309 e. The summed E-state index contributed by atoms with van der Waals surface area (Å²) in [7, 11) is 0. The molecule has 0 fully saturated rings. The van der Waals surface area contributed by atoms with Gasteiger partial charge in [0.05, 0.1) is 12.1 Å². The highest BCUT2D eigenvalue weighted by atomic mass is 16.5. The summed E-state index contributed by atoms with van der Waals surface area (Å²) in [6.45, 7) is 1.41. The van der Waals surface area contributed by atoms with Crippen molar-refractivity contribution in [2.45, 2.75) is 13.3 Å². The van der Waals surface area contributed by atoms with Gasteiger partial charge in [-0.1, -0.05) is 0 Å². The van der Waals surface area contributed by atoms with E-state index < -0.39 is 11.5 Å². The molecule has 6 heteroatoms. The van der Waals surface area contributed by atoms with Crippen LogP contribution in [0.5, 0.6) is 0 Å². The average Bonchev–Trinajstić information content (AvgIpc) is 1.98. The lowest BCUT2D eigenvalue weighted by molar-refractivity contribution is -0.136. The van der Waals surface area contributed by atoms with Gasteiger partial charge < -0.3 is 10.3 Å². The summed E-state index contributed by atoms with van der Waals surface area (Å²) in [5.41, 5.74) is -0.538. The molecule has 0 aliphatic rings. The van der Waals surface area contributed by atoms with Gasteiger partial charge in [-0.05, 0) is 6.92 Å². The number of aliphatic carboxylic acids is 1. The van der Waals surface area contributed by atoms with Crippen LogP contribution in [0.1, 0.15) is 11.5 Å². The molecular weight excluding hydrogens is 176 g/mol. The summed E-state index contributed by atoms with van der Waals surface area (Å²) in [6.07, 6.45) is -0.323. The van der Waals surface area contributed by atoms with Crippen molar-refractivity contribution in [3.8, 4) is 0 Å². The van der Waals surface area contributed by atoms with E-state index in [4.69, 9.17) is 10.3 Å². The van der Waals surface area contributed by atoms with Crippen LogP contribution in [-0.4, -0.2) is 26.0 Å². The van der Waals surface area contributed by atoms with Crippen molar-refractivity contribution in [2.75, 3.05) is 0 Å². The minimum atomic E-state index is -1.07. The minimum absolute atomic E-state index is 0.0729. The topological polar surface area (TPSA) is 92.4 Å². The zero-order valence-corrected chi connectivity index (χ0v) is 6.89. The van der Waals surface area contributed by atoms with Crippen LogP contribution in [0.3, 0.4) is 0 Å². The van der Waals surface area contributed by atoms with Gasteiger partial charge in [-0.25, -0.2) is 4.98 Å². The molecular formula is C7H8N2O4. The van der Waals surface area contributed by atoms with E-state index in [1.54, 1.807) is 0 Å². The van der Waals surface area contributed by atoms with Crippen LogP contribution in [0.2, 0.25) is 0 Å². The Balaban J connectivity index is 3.13. The molecule has 0 saturated carbocycles. The molecule has 2 N–H and O–H groups in total.